The molecular weight excluding hydrogens is 266 g/mol. The van der Waals surface area contributed by atoms with Crippen LogP contribution < -0.4 is 16.2 Å². The zero-order valence-corrected chi connectivity index (χ0v) is 11.6. The second kappa shape index (κ2) is 5.85. The summed E-state index contributed by atoms with van der Waals surface area (Å²) in [6.07, 6.45) is 0. The summed E-state index contributed by atoms with van der Waals surface area (Å²) in [5.41, 5.74) is 8.12. The van der Waals surface area contributed by atoms with Crippen LogP contribution in [-0.4, -0.2) is 16.1 Å². The number of ether oxygens (including phenoxy) is 1. The third-order valence-corrected chi connectivity index (χ3v) is 3.35. The summed E-state index contributed by atoms with van der Waals surface area (Å²) in [5, 5.41) is 0. The Morgan fingerprint density at radius 1 is 1.14 bits per heavy atom. The topological polar surface area (TPSA) is 73.0 Å². The Bertz CT molecular complexity index is 790. The third kappa shape index (κ3) is 2.83. The third-order valence-electron chi connectivity index (χ3n) is 3.35. The lowest BCUT2D eigenvalue weighted by Crippen LogP contribution is -2.21. The molecule has 3 rings (SSSR count). The quantitative estimate of drug-likeness (QED) is 0.750. The lowest BCUT2D eigenvalue weighted by molar-refractivity contribution is 0.306. The molecule has 1 heterocycles. The standard InChI is InChI=1S/C16H17N3O2/c17-8-9-19-15-10-13(6-7-14(15)18-16(19)20)21-11-12-4-2-1-3-5-12/h1-7,10H,8-9,11,17H2,(H,18,20). The summed E-state index contributed by atoms with van der Waals surface area (Å²) in [6, 6.07) is 15.5. The number of hydrogen-bond acceptors (Lipinski definition) is 3. The fourth-order valence-electron chi connectivity index (χ4n) is 2.31. The Labute approximate surface area is 122 Å². The van der Waals surface area contributed by atoms with E-state index in [0.29, 0.717) is 19.7 Å². The van der Waals surface area contributed by atoms with Gasteiger partial charge in [0.05, 0.1) is 11.0 Å². The van der Waals surface area contributed by atoms with Crippen LogP contribution in [0.5, 0.6) is 5.75 Å². The largest absolute Gasteiger partial charge is 0.489 e. The number of nitrogens with one attached hydrogen (secondary N) is 1. The minimum Gasteiger partial charge on any atom is -0.489 e. The highest BCUT2D eigenvalue weighted by Crippen LogP contribution is 2.19. The van der Waals surface area contributed by atoms with Gasteiger partial charge in [0.2, 0.25) is 0 Å². The molecule has 0 saturated carbocycles. The number of aromatic nitrogens is 2. The van der Waals surface area contributed by atoms with E-state index in [4.69, 9.17) is 10.5 Å². The number of fused-ring (bicyclic) bond motifs is 1. The van der Waals surface area contributed by atoms with Crippen molar-refractivity contribution in [1.29, 1.82) is 0 Å². The molecule has 0 atom stereocenters. The summed E-state index contributed by atoms with van der Waals surface area (Å²) in [6.45, 7) is 1.40. The minimum absolute atomic E-state index is 0.143. The van der Waals surface area contributed by atoms with Crippen LogP contribution in [0.15, 0.2) is 53.3 Å². The van der Waals surface area contributed by atoms with E-state index in [1.165, 1.54) is 0 Å². The van der Waals surface area contributed by atoms with E-state index in [1.54, 1.807) is 4.57 Å². The molecule has 0 radical (unpaired) electrons. The molecule has 3 N–H and O–H groups in total. The van der Waals surface area contributed by atoms with Gasteiger partial charge in [-0.1, -0.05) is 30.3 Å². The first-order valence-corrected chi connectivity index (χ1v) is 6.87. The van der Waals surface area contributed by atoms with Gasteiger partial charge in [-0.05, 0) is 17.7 Å². The van der Waals surface area contributed by atoms with E-state index >= 15 is 0 Å². The van der Waals surface area contributed by atoms with Crippen molar-refractivity contribution in [2.75, 3.05) is 6.54 Å². The molecule has 2 aromatic carbocycles. The molecule has 1 aromatic heterocycles. The highest BCUT2D eigenvalue weighted by atomic mass is 16.5. The Morgan fingerprint density at radius 2 is 1.95 bits per heavy atom. The molecule has 0 amide bonds. The summed E-state index contributed by atoms with van der Waals surface area (Å²) in [5.74, 6) is 0.733. The van der Waals surface area contributed by atoms with Crippen molar-refractivity contribution in [2.45, 2.75) is 13.2 Å². The molecule has 21 heavy (non-hydrogen) atoms. The van der Waals surface area contributed by atoms with Gasteiger partial charge in [-0.2, -0.15) is 0 Å². The first-order valence-electron chi connectivity index (χ1n) is 6.87. The van der Waals surface area contributed by atoms with E-state index in [9.17, 15) is 4.79 Å². The summed E-state index contributed by atoms with van der Waals surface area (Å²) >= 11 is 0. The lowest BCUT2D eigenvalue weighted by atomic mass is 10.2. The second-order valence-electron chi connectivity index (χ2n) is 4.82. The second-order valence-corrected chi connectivity index (χ2v) is 4.82. The van der Waals surface area contributed by atoms with Crippen molar-refractivity contribution in [3.8, 4) is 5.75 Å². The Morgan fingerprint density at radius 3 is 2.71 bits per heavy atom. The Balaban J connectivity index is 1.86. The fraction of sp³-hybridized carbons (Fsp3) is 0.188. The first kappa shape index (κ1) is 13.5. The van der Waals surface area contributed by atoms with Crippen molar-refractivity contribution >= 4 is 11.0 Å². The highest BCUT2D eigenvalue weighted by molar-refractivity contribution is 5.77. The van der Waals surface area contributed by atoms with E-state index in [-0.39, 0.29) is 5.69 Å². The fourth-order valence-corrected chi connectivity index (χ4v) is 2.31. The van der Waals surface area contributed by atoms with E-state index in [0.717, 1.165) is 22.3 Å². The summed E-state index contributed by atoms with van der Waals surface area (Å²) < 4.78 is 7.41. The number of benzene rings is 2. The average Bonchev–Trinajstić information content (AvgIpc) is 2.82. The van der Waals surface area contributed by atoms with Crippen LogP contribution in [-0.2, 0) is 13.2 Å². The number of aromatic amines is 1. The number of nitrogens with two attached hydrogens (primary N) is 1. The monoisotopic (exact) mass is 283 g/mol. The molecule has 3 aromatic rings. The van der Waals surface area contributed by atoms with Crippen LogP contribution in [0, 0.1) is 0 Å². The molecule has 5 heteroatoms. The Kier molecular flexibility index (Phi) is 3.75. The lowest BCUT2D eigenvalue weighted by Gasteiger charge is -2.07. The van der Waals surface area contributed by atoms with E-state index in [1.807, 2.05) is 48.5 Å². The average molecular weight is 283 g/mol. The van der Waals surface area contributed by atoms with Crippen LogP contribution in [0.3, 0.4) is 0 Å². The summed E-state index contributed by atoms with van der Waals surface area (Å²) in [4.78, 5) is 14.6. The van der Waals surface area contributed by atoms with Crippen molar-refractivity contribution in [1.82, 2.24) is 9.55 Å². The molecule has 0 aliphatic heterocycles. The van der Waals surface area contributed by atoms with Gasteiger partial charge in [-0.15, -0.1) is 0 Å². The number of hydrogen-bond donors (Lipinski definition) is 2. The van der Waals surface area contributed by atoms with E-state index < -0.39 is 0 Å². The molecule has 0 bridgehead atoms. The predicted octanol–water partition coefficient (Wildman–Crippen LogP) is 1.87. The van der Waals surface area contributed by atoms with Crippen molar-refractivity contribution in [3.05, 3.63) is 64.6 Å². The molecule has 5 nitrogen and oxygen atoms in total. The summed E-state index contributed by atoms with van der Waals surface area (Å²) in [7, 11) is 0. The molecule has 0 spiro atoms. The van der Waals surface area contributed by atoms with Gasteiger partial charge >= 0.3 is 5.69 Å². The van der Waals surface area contributed by atoms with Gasteiger partial charge in [0.15, 0.2) is 0 Å². The van der Waals surface area contributed by atoms with Gasteiger partial charge in [-0.3, -0.25) is 4.57 Å². The van der Waals surface area contributed by atoms with Gasteiger partial charge in [0.1, 0.15) is 12.4 Å². The van der Waals surface area contributed by atoms with Crippen molar-refractivity contribution in [2.24, 2.45) is 5.73 Å². The number of imidazole rings is 1. The van der Waals surface area contributed by atoms with Crippen LogP contribution in [0.2, 0.25) is 0 Å². The molecule has 108 valence electrons. The zero-order valence-electron chi connectivity index (χ0n) is 11.6. The van der Waals surface area contributed by atoms with Crippen molar-refractivity contribution in [3.63, 3.8) is 0 Å². The highest BCUT2D eigenvalue weighted by Gasteiger charge is 2.07. The van der Waals surface area contributed by atoms with Gasteiger partial charge in [-0.25, -0.2) is 4.79 Å². The van der Waals surface area contributed by atoms with Crippen LogP contribution >= 0.6 is 0 Å². The normalized spacial score (nSPS) is 10.9. The van der Waals surface area contributed by atoms with Crippen LogP contribution in [0.1, 0.15) is 5.56 Å². The molecule has 0 fully saturated rings. The Hall–Kier alpha value is -2.53. The molecule has 0 aliphatic carbocycles. The molecule has 0 saturated heterocycles. The maximum absolute atomic E-state index is 11.8. The molecule has 0 aliphatic rings. The van der Waals surface area contributed by atoms with E-state index in [2.05, 4.69) is 4.98 Å². The molecule has 0 unspecified atom stereocenters. The maximum Gasteiger partial charge on any atom is 0.326 e. The predicted molar refractivity (Wildman–Crippen MR) is 82.4 cm³/mol. The number of H-pyrrole nitrogens is 1. The van der Waals surface area contributed by atoms with Crippen LogP contribution in [0.4, 0.5) is 0 Å². The van der Waals surface area contributed by atoms with Gasteiger partial charge in [0, 0.05) is 19.2 Å². The maximum atomic E-state index is 11.8. The smallest absolute Gasteiger partial charge is 0.326 e. The first-order chi connectivity index (χ1) is 10.3. The van der Waals surface area contributed by atoms with Crippen LogP contribution in [0.25, 0.3) is 11.0 Å². The number of rotatable bonds is 5. The van der Waals surface area contributed by atoms with Gasteiger partial charge in [0.25, 0.3) is 0 Å². The zero-order chi connectivity index (χ0) is 14.7. The van der Waals surface area contributed by atoms with Gasteiger partial charge < -0.3 is 15.5 Å². The van der Waals surface area contributed by atoms with Crippen molar-refractivity contribution < 1.29 is 4.74 Å². The minimum atomic E-state index is -0.143. The molecular formula is C16H17N3O2. The SMILES string of the molecule is NCCn1c(=O)[nH]c2ccc(OCc3ccccc3)cc21. The number of nitrogens with zero attached hydrogens (tertiary/aromatic N) is 1.